The van der Waals surface area contributed by atoms with E-state index in [1.165, 1.54) is 7.11 Å². The molecule has 0 aliphatic rings. The van der Waals surface area contributed by atoms with Crippen LogP contribution in [0.5, 0.6) is 11.5 Å². The fraction of sp³-hybridized carbons (Fsp3) is 0.303. The second-order valence-electron chi connectivity index (χ2n) is 12.4. The van der Waals surface area contributed by atoms with E-state index in [1.807, 2.05) is 53.9 Å². The smallest absolute Gasteiger partial charge is 0.339 e. The van der Waals surface area contributed by atoms with Gasteiger partial charge in [-0.05, 0) is 91.4 Å². The highest BCUT2D eigenvalue weighted by Crippen LogP contribution is 2.39. The molecule has 8 heteroatoms. The van der Waals surface area contributed by atoms with Crippen molar-refractivity contribution >= 4 is 32.4 Å². The Kier molecular flexibility index (Phi) is 7.24. The lowest BCUT2D eigenvalue weighted by Crippen LogP contribution is -2.36. The van der Waals surface area contributed by atoms with E-state index in [-0.39, 0.29) is 21.6 Å². The van der Waals surface area contributed by atoms with E-state index in [2.05, 4.69) is 46.0 Å². The van der Waals surface area contributed by atoms with Gasteiger partial charge in [0.1, 0.15) is 22.1 Å². The predicted octanol–water partition coefficient (Wildman–Crippen LogP) is 7.87. The molecule has 0 aliphatic carbocycles. The van der Waals surface area contributed by atoms with Crippen LogP contribution in [-0.4, -0.2) is 30.5 Å². The van der Waals surface area contributed by atoms with Gasteiger partial charge in [0.15, 0.2) is 11.5 Å². The van der Waals surface area contributed by atoms with Crippen LogP contribution in [0, 0.1) is 12.3 Å². The number of aromatic nitrogens is 2. The fourth-order valence-electron chi connectivity index (χ4n) is 5.53. The van der Waals surface area contributed by atoms with Gasteiger partial charge in [0, 0.05) is 17.3 Å². The Morgan fingerprint density at radius 2 is 1.61 bits per heavy atom. The monoisotopic (exact) mass is 571 g/mol. The molecule has 3 aromatic carbocycles. The summed E-state index contributed by atoms with van der Waals surface area (Å²) in [6, 6.07) is 21.8. The van der Waals surface area contributed by atoms with E-state index in [1.54, 1.807) is 30.3 Å². The lowest BCUT2D eigenvalue weighted by Gasteiger charge is -2.34. The highest BCUT2D eigenvalue weighted by molar-refractivity contribution is 7.87. The molecule has 0 amide bonds. The Labute approximate surface area is 242 Å². The summed E-state index contributed by atoms with van der Waals surface area (Å²) in [6.45, 7) is 13.1. The van der Waals surface area contributed by atoms with Crippen LogP contribution in [0.2, 0.25) is 0 Å². The maximum Gasteiger partial charge on any atom is 0.339 e. The van der Waals surface area contributed by atoms with Crippen molar-refractivity contribution in [3.8, 4) is 22.8 Å². The first-order chi connectivity index (χ1) is 19.2. The molecule has 0 saturated heterocycles. The van der Waals surface area contributed by atoms with Crippen molar-refractivity contribution in [3.05, 3.63) is 84.6 Å². The Morgan fingerprint density at radius 1 is 0.878 bits per heavy atom. The van der Waals surface area contributed by atoms with Gasteiger partial charge in [0.05, 0.1) is 7.11 Å². The standard InChI is InChI=1S/C33H37N3O4S/c1-22-16-17-36-29(18-22)34-30(31(36)35-33(5,6)21-32(2,3)4)25-13-15-27(28(20-25)39-7)40-41(37,38)26-14-12-23-10-8-9-11-24(23)19-26/h8-20,35H,21H2,1-7H3. The third kappa shape index (κ3) is 6.17. The molecule has 0 aliphatic heterocycles. The Hall–Kier alpha value is -4.04. The molecule has 0 atom stereocenters. The van der Waals surface area contributed by atoms with Crippen molar-refractivity contribution in [3.63, 3.8) is 0 Å². The summed E-state index contributed by atoms with van der Waals surface area (Å²) in [5.41, 5.74) is 3.32. The van der Waals surface area contributed by atoms with Crippen molar-refractivity contribution in [1.29, 1.82) is 0 Å². The number of hydrogen-bond acceptors (Lipinski definition) is 6. The molecule has 5 rings (SSSR count). The number of benzene rings is 3. The van der Waals surface area contributed by atoms with Crippen molar-refractivity contribution in [2.75, 3.05) is 12.4 Å². The number of pyridine rings is 1. The number of fused-ring (bicyclic) bond motifs is 2. The number of hydrogen-bond donors (Lipinski definition) is 1. The summed E-state index contributed by atoms with van der Waals surface area (Å²) in [7, 11) is -2.61. The van der Waals surface area contributed by atoms with Crippen LogP contribution in [0.3, 0.4) is 0 Å². The van der Waals surface area contributed by atoms with Crippen molar-refractivity contribution in [1.82, 2.24) is 9.38 Å². The molecule has 2 aromatic heterocycles. The van der Waals surface area contributed by atoms with Gasteiger partial charge in [-0.3, -0.25) is 4.40 Å². The molecule has 41 heavy (non-hydrogen) atoms. The van der Waals surface area contributed by atoms with E-state index in [0.717, 1.165) is 45.5 Å². The first-order valence-electron chi connectivity index (χ1n) is 13.6. The quantitative estimate of drug-likeness (QED) is 0.191. The van der Waals surface area contributed by atoms with E-state index in [9.17, 15) is 8.42 Å². The number of methoxy groups -OCH3 is 1. The Morgan fingerprint density at radius 3 is 2.32 bits per heavy atom. The molecule has 1 N–H and O–H groups in total. The van der Waals surface area contributed by atoms with Crippen LogP contribution in [0.1, 0.15) is 46.6 Å². The SMILES string of the molecule is COc1cc(-c2nc3cc(C)ccn3c2NC(C)(C)CC(C)(C)C)ccc1OS(=O)(=O)c1ccc2ccccc2c1. The van der Waals surface area contributed by atoms with Gasteiger partial charge < -0.3 is 14.2 Å². The molecule has 7 nitrogen and oxygen atoms in total. The number of nitrogens with zero attached hydrogens (tertiary/aromatic N) is 2. The minimum Gasteiger partial charge on any atom is -0.493 e. The van der Waals surface area contributed by atoms with Crippen LogP contribution in [-0.2, 0) is 10.1 Å². The molecule has 0 spiro atoms. The van der Waals surface area contributed by atoms with Gasteiger partial charge in [-0.25, -0.2) is 4.98 Å². The summed E-state index contributed by atoms with van der Waals surface area (Å²) in [4.78, 5) is 5.04. The lowest BCUT2D eigenvalue weighted by molar-refractivity contribution is 0.302. The molecule has 5 aromatic rings. The molecule has 0 fully saturated rings. The van der Waals surface area contributed by atoms with E-state index < -0.39 is 10.1 Å². The lowest BCUT2D eigenvalue weighted by atomic mass is 9.82. The third-order valence-electron chi connectivity index (χ3n) is 6.86. The van der Waals surface area contributed by atoms with Crippen molar-refractivity contribution in [2.45, 2.75) is 58.4 Å². The zero-order chi connectivity index (χ0) is 29.6. The van der Waals surface area contributed by atoms with Crippen molar-refractivity contribution < 1.29 is 17.3 Å². The maximum atomic E-state index is 13.2. The number of imidazole rings is 1. The zero-order valence-electron chi connectivity index (χ0n) is 24.6. The van der Waals surface area contributed by atoms with Gasteiger partial charge in [0.25, 0.3) is 0 Å². The number of aryl methyl sites for hydroxylation is 1. The van der Waals surface area contributed by atoms with Crippen molar-refractivity contribution in [2.24, 2.45) is 5.41 Å². The average molecular weight is 572 g/mol. The summed E-state index contributed by atoms with van der Waals surface area (Å²) >= 11 is 0. The fourth-order valence-corrected chi connectivity index (χ4v) is 6.51. The molecule has 214 valence electrons. The van der Waals surface area contributed by atoms with E-state index in [4.69, 9.17) is 13.9 Å². The summed E-state index contributed by atoms with van der Waals surface area (Å²) in [5, 5.41) is 5.51. The van der Waals surface area contributed by atoms with Gasteiger partial charge in [0.2, 0.25) is 0 Å². The maximum absolute atomic E-state index is 13.2. The molecular weight excluding hydrogens is 534 g/mol. The van der Waals surface area contributed by atoms with Crippen LogP contribution in [0.25, 0.3) is 27.7 Å². The average Bonchev–Trinajstić information content (AvgIpc) is 3.23. The van der Waals surface area contributed by atoms with Gasteiger partial charge in [-0.15, -0.1) is 0 Å². The molecular formula is C33H37N3O4S. The normalized spacial score (nSPS) is 12.6. The molecule has 0 unspecified atom stereocenters. The largest absolute Gasteiger partial charge is 0.493 e. The number of anilines is 1. The zero-order valence-corrected chi connectivity index (χ0v) is 25.5. The Balaban J connectivity index is 1.53. The molecule has 0 radical (unpaired) electrons. The second kappa shape index (κ2) is 10.4. The molecule has 2 heterocycles. The van der Waals surface area contributed by atoms with Gasteiger partial charge >= 0.3 is 10.1 Å². The second-order valence-corrected chi connectivity index (χ2v) is 13.9. The van der Waals surface area contributed by atoms with Crippen LogP contribution < -0.4 is 14.2 Å². The summed E-state index contributed by atoms with van der Waals surface area (Å²) in [6.07, 6.45) is 2.95. The number of rotatable bonds is 8. The summed E-state index contributed by atoms with van der Waals surface area (Å²) in [5.74, 6) is 1.25. The van der Waals surface area contributed by atoms with Crippen LogP contribution in [0.4, 0.5) is 5.82 Å². The van der Waals surface area contributed by atoms with E-state index in [0.29, 0.717) is 5.75 Å². The number of ether oxygens (including phenoxy) is 1. The number of nitrogens with one attached hydrogen (secondary N) is 1. The third-order valence-corrected chi connectivity index (χ3v) is 8.09. The van der Waals surface area contributed by atoms with Crippen LogP contribution in [0.15, 0.2) is 83.9 Å². The van der Waals surface area contributed by atoms with Gasteiger partial charge in [-0.1, -0.05) is 51.1 Å². The highest BCUT2D eigenvalue weighted by Gasteiger charge is 2.28. The highest BCUT2D eigenvalue weighted by atomic mass is 32.2. The van der Waals surface area contributed by atoms with E-state index >= 15 is 0 Å². The summed E-state index contributed by atoms with van der Waals surface area (Å²) < 4.78 is 39.7. The predicted molar refractivity (Wildman–Crippen MR) is 165 cm³/mol. The topological polar surface area (TPSA) is 81.9 Å². The van der Waals surface area contributed by atoms with Gasteiger partial charge in [-0.2, -0.15) is 8.42 Å². The molecule has 0 bridgehead atoms. The minimum atomic E-state index is -4.10. The first kappa shape index (κ1) is 28.5. The Bertz CT molecular complexity index is 1850. The minimum absolute atomic E-state index is 0.0746. The van der Waals surface area contributed by atoms with Crippen LogP contribution >= 0.6 is 0 Å². The first-order valence-corrected chi connectivity index (χ1v) is 15.0. The molecule has 0 saturated carbocycles.